The Morgan fingerprint density at radius 2 is 1.97 bits per heavy atom. The minimum Gasteiger partial charge on any atom is -0.496 e. The number of benzene rings is 2. The molecule has 2 aromatic heterocycles. The molecule has 8 nitrogen and oxygen atoms in total. The van der Waals surface area contributed by atoms with Crippen LogP contribution in [0.15, 0.2) is 48.5 Å². The number of ether oxygens (including phenoxy) is 1. The van der Waals surface area contributed by atoms with E-state index in [0.29, 0.717) is 5.65 Å². The van der Waals surface area contributed by atoms with E-state index in [0.717, 1.165) is 29.2 Å². The topological polar surface area (TPSA) is 109 Å². The lowest BCUT2D eigenvalue weighted by molar-refractivity contribution is -0.138. The molecule has 0 saturated heterocycles. The van der Waals surface area contributed by atoms with Crippen molar-refractivity contribution in [2.45, 2.75) is 18.6 Å². The number of carboxylic acids is 1. The molecule has 2 heterocycles. The van der Waals surface area contributed by atoms with Crippen LogP contribution < -0.4 is 10.1 Å². The Morgan fingerprint density at radius 3 is 2.66 bits per heavy atom. The summed E-state index contributed by atoms with van der Waals surface area (Å²) in [5.41, 5.74) is 0.946. The van der Waals surface area contributed by atoms with Crippen molar-refractivity contribution in [1.29, 1.82) is 0 Å². The van der Waals surface area contributed by atoms with Crippen molar-refractivity contribution in [3.63, 3.8) is 0 Å². The van der Waals surface area contributed by atoms with Crippen LogP contribution in [0.2, 0.25) is 0 Å². The lowest BCUT2D eigenvalue weighted by Gasteiger charge is -2.21. The first-order chi connectivity index (χ1) is 15.2. The van der Waals surface area contributed by atoms with Gasteiger partial charge < -0.3 is 20.1 Å². The number of carboxylic acid groups (broad SMARTS) is 1. The lowest BCUT2D eigenvalue weighted by atomic mass is 9.99. The van der Waals surface area contributed by atoms with E-state index in [2.05, 4.69) is 15.4 Å². The second-order valence-electron chi connectivity index (χ2n) is 7.05. The third-order valence-electron chi connectivity index (χ3n) is 4.95. The molecule has 0 aliphatic rings. The number of halogens is 3. The SMILES string of the molecule is COc1ccc(C(F)(F)F)cc1C(CC(=O)O)NC(=O)c1cc2[nH]c3ccccc3n2n1. The van der Waals surface area contributed by atoms with Gasteiger partial charge in [0, 0.05) is 11.6 Å². The number of methoxy groups -OCH3 is 1. The normalized spacial score (nSPS) is 12.8. The van der Waals surface area contributed by atoms with Crippen LogP contribution in [0.25, 0.3) is 16.7 Å². The first-order valence-corrected chi connectivity index (χ1v) is 9.41. The van der Waals surface area contributed by atoms with Gasteiger partial charge in [-0.05, 0) is 30.3 Å². The Kier molecular flexibility index (Phi) is 5.25. The number of amides is 1. The van der Waals surface area contributed by atoms with E-state index in [1.165, 1.54) is 17.7 Å². The molecule has 11 heteroatoms. The predicted molar refractivity (Wildman–Crippen MR) is 108 cm³/mol. The quantitative estimate of drug-likeness (QED) is 0.418. The zero-order chi connectivity index (χ0) is 23.0. The van der Waals surface area contributed by atoms with Crippen molar-refractivity contribution < 1.29 is 32.6 Å². The fourth-order valence-corrected chi connectivity index (χ4v) is 3.50. The monoisotopic (exact) mass is 446 g/mol. The van der Waals surface area contributed by atoms with E-state index in [4.69, 9.17) is 4.74 Å². The van der Waals surface area contributed by atoms with Gasteiger partial charge in [-0.2, -0.15) is 18.3 Å². The number of aromatic amines is 1. The zero-order valence-corrected chi connectivity index (χ0v) is 16.6. The average molecular weight is 446 g/mol. The summed E-state index contributed by atoms with van der Waals surface area (Å²) in [7, 11) is 1.24. The number of nitrogens with zero attached hydrogens (tertiary/aromatic N) is 2. The molecule has 2 aromatic carbocycles. The van der Waals surface area contributed by atoms with Crippen LogP contribution in [0, 0.1) is 0 Å². The molecule has 0 spiro atoms. The van der Waals surface area contributed by atoms with Gasteiger partial charge in [-0.1, -0.05) is 12.1 Å². The lowest BCUT2D eigenvalue weighted by Crippen LogP contribution is -2.31. The first kappa shape index (κ1) is 21.2. The number of para-hydroxylation sites is 2. The molecule has 1 atom stereocenters. The zero-order valence-electron chi connectivity index (χ0n) is 16.6. The number of imidazole rings is 1. The highest BCUT2D eigenvalue weighted by Gasteiger charge is 2.33. The molecular weight excluding hydrogens is 429 g/mol. The van der Waals surface area contributed by atoms with Crippen LogP contribution in [0.4, 0.5) is 13.2 Å². The molecule has 3 N–H and O–H groups in total. The fraction of sp³-hybridized carbons (Fsp3) is 0.190. The maximum atomic E-state index is 13.2. The molecule has 0 fully saturated rings. The third kappa shape index (κ3) is 3.96. The van der Waals surface area contributed by atoms with E-state index < -0.39 is 36.1 Å². The maximum Gasteiger partial charge on any atom is 0.416 e. The van der Waals surface area contributed by atoms with Gasteiger partial charge in [-0.3, -0.25) is 9.59 Å². The number of nitrogens with one attached hydrogen (secondary N) is 2. The molecule has 1 unspecified atom stereocenters. The molecule has 4 aromatic rings. The predicted octanol–water partition coefficient (Wildman–Crippen LogP) is 3.79. The Balaban J connectivity index is 1.69. The van der Waals surface area contributed by atoms with Crippen molar-refractivity contribution >= 4 is 28.6 Å². The molecule has 166 valence electrons. The summed E-state index contributed by atoms with van der Waals surface area (Å²) >= 11 is 0. The van der Waals surface area contributed by atoms with Crippen molar-refractivity contribution in [2.75, 3.05) is 7.11 Å². The van der Waals surface area contributed by atoms with Crippen LogP contribution in [-0.4, -0.2) is 38.7 Å². The molecule has 0 aliphatic heterocycles. The summed E-state index contributed by atoms with van der Waals surface area (Å²) < 4.78 is 46.2. The highest BCUT2D eigenvalue weighted by Crippen LogP contribution is 2.36. The van der Waals surface area contributed by atoms with Gasteiger partial charge in [0.1, 0.15) is 11.4 Å². The van der Waals surface area contributed by atoms with Crippen LogP contribution in [-0.2, 0) is 11.0 Å². The summed E-state index contributed by atoms with van der Waals surface area (Å²) in [5, 5.41) is 16.0. The number of alkyl halides is 3. The molecule has 1 amide bonds. The maximum absolute atomic E-state index is 13.2. The van der Waals surface area contributed by atoms with E-state index in [1.807, 2.05) is 12.1 Å². The van der Waals surface area contributed by atoms with Gasteiger partial charge >= 0.3 is 12.1 Å². The largest absolute Gasteiger partial charge is 0.496 e. The number of carbonyl (C=O) groups is 2. The summed E-state index contributed by atoms with van der Waals surface area (Å²) in [6.45, 7) is 0. The number of rotatable bonds is 6. The van der Waals surface area contributed by atoms with E-state index in [9.17, 15) is 27.9 Å². The van der Waals surface area contributed by atoms with E-state index in [-0.39, 0.29) is 17.0 Å². The van der Waals surface area contributed by atoms with Crippen molar-refractivity contribution in [3.05, 3.63) is 65.4 Å². The van der Waals surface area contributed by atoms with Gasteiger partial charge in [0.05, 0.1) is 36.2 Å². The van der Waals surface area contributed by atoms with Gasteiger partial charge in [-0.15, -0.1) is 0 Å². The van der Waals surface area contributed by atoms with Crippen LogP contribution in [0.3, 0.4) is 0 Å². The van der Waals surface area contributed by atoms with Crippen molar-refractivity contribution in [1.82, 2.24) is 19.9 Å². The van der Waals surface area contributed by atoms with Crippen molar-refractivity contribution in [2.24, 2.45) is 0 Å². The number of H-pyrrole nitrogens is 1. The third-order valence-corrected chi connectivity index (χ3v) is 4.95. The minimum atomic E-state index is -4.65. The Labute approximate surface area is 178 Å². The molecule has 0 bridgehead atoms. The number of aromatic nitrogens is 3. The molecule has 0 radical (unpaired) electrons. The molecule has 0 aliphatic carbocycles. The molecular formula is C21H17F3N4O4. The Hall–Kier alpha value is -4.02. The number of hydrogen-bond acceptors (Lipinski definition) is 4. The summed E-state index contributed by atoms with van der Waals surface area (Å²) in [6, 6.07) is 10.2. The Bertz CT molecular complexity index is 1330. The number of carbonyl (C=O) groups excluding carboxylic acids is 1. The summed E-state index contributed by atoms with van der Waals surface area (Å²) in [5.74, 6) is -2.03. The molecule has 32 heavy (non-hydrogen) atoms. The summed E-state index contributed by atoms with van der Waals surface area (Å²) in [6.07, 6.45) is -5.30. The van der Waals surface area contributed by atoms with Crippen LogP contribution in [0.1, 0.15) is 34.1 Å². The van der Waals surface area contributed by atoms with E-state index >= 15 is 0 Å². The first-order valence-electron chi connectivity index (χ1n) is 9.41. The van der Waals surface area contributed by atoms with Gasteiger partial charge in [-0.25, -0.2) is 4.52 Å². The Morgan fingerprint density at radius 1 is 1.22 bits per heavy atom. The fourth-order valence-electron chi connectivity index (χ4n) is 3.50. The minimum absolute atomic E-state index is 0.0208. The van der Waals surface area contributed by atoms with Crippen molar-refractivity contribution in [3.8, 4) is 5.75 Å². The molecule has 0 saturated carbocycles. The van der Waals surface area contributed by atoms with Gasteiger partial charge in [0.25, 0.3) is 5.91 Å². The standard InChI is InChI=1S/C21H17F3N4O4/c1-32-17-7-6-11(21(22,23)24)8-12(17)14(10-19(29)30)26-20(31)15-9-18-25-13-4-2-3-5-16(13)28(18)27-15/h2-9,14,25H,10H2,1H3,(H,26,31)(H,29,30). The highest BCUT2D eigenvalue weighted by atomic mass is 19.4. The number of fused-ring (bicyclic) bond motifs is 3. The molecule has 4 rings (SSSR count). The van der Waals surface area contributed by atoms with Gasteiger partial charge in [0.15, 0.2) is 5.69 Å². The average Bonchev–Trinajstić information content (AvgIpc) is 3.30. The van der Waals surface area contributed by atoms with Crippen LogP contribution in [0.5, 0.6) is 5.75 Å². The second-order valence-corrected chi connectivity index (χ2v) is 7.05. The summed E-state index contributed by atoms with van der Waals surface area (Å²) in [4.78, 5) is 27.3. The van der Waals surface area contributed by atoms with E-state index in [1.54, 1.807) is 12.1 Å². The number of hydrogen-bond donors (Lipinski definition) is 3. The number of aliphatic carboxylic acids is 1. The van der Waals surface area contributed by atoms with Gasteiger partial charge in [0.2, 0.25) is 0 Å². The highest BCUT2D eigenvalue weighted by molar-refractivity contribution is 5.95. The smallest absolute Gasteiger partial charge is 0.416 e. The second kappa shape index (κ2) is 7.91. The van der Waals surface area contributed by atoms with Crippen LogP contribution >= 0.6 is 0 Å².